The topological polar surface area (TPSA) is 61.4 Å². The highest BCUT2D eigenvalue weighted by Crippen LogP contribution is 2.31. The van der Waals surface area contributed by atoms with Gasteiger partial charge in [-0.05, 0) is 25.8 Å². The van der Waals surface area contributed by atoms with Crippen LogP contribution < -0.4 is 10.6 Å². The molecule has 16 heavy (non-hydrogen) atoms. The molecule has 0 aliphatic heterocycles. The fraction of sp³-hybridized carbons (Fsp3) is 0.917. The summed E-state index contributed by atoms with van der Waals surface area (Å²) in [7, 11) is 1.83. The highest BCUT2D eigenvalue weighted by molar-refractivity contribution is 5.77. The third-order valence-electron chi connectivity index (χ3n) is 3.40. The number of hydrogen-bond donors (Lipinski definition) is 3. The van der Waals surface area contributed by atoms with Crippen molar-refractivity contribution in [2.24, 2.45) is 5.92 Å². The fourth-order valence-electron chi connectivity index (χ4n) is 2.55. The van der Waals surface area contributed by atoms with E-state index in [1.165, 1.54) is 6.42 Å². The third kappa shape index (κ3) is 3.76. The standard InChI is InChI=1S/C12H24N2O2/c1-10-4-3-6-12(8-10,9-15)14-11(16)5-7-13-2/h10,13,15H,3-9H2,1-2H3,(H,14,16). The van der Waals surface area contributed by atoms with Crippen LogP contribution in [0.25, 0.3) is 0 Å². The van der Waals surface area contributed by atoms with Crippen molar-refractivity contribution in [3.8, 4) is 0 Å². The summed E-state index contributed by atoms with van der Waals surface area (Å²) in [5, 5.41) is 15.5. The molecule has 0 aromatic rings. The predicted octanol–water partition coefficient (Wildman–Crippen LogP) is 0.653. The molecule has 0 saturated heterocycles. The van der Waals surface area contributed by atoms with E-state index in [4.69, 9.17) is 0 Å². The molecule has 1 aliphatic carbocycles. The first kappa shape index (κ1) is 13.5. The van der Waals surface area contributed by atoms with Crippen molar-refractivity contribution >= 4 is 5.91 Å². The number of aliphatic hydroxyl groups is 1. The van der Waals surface area contributed by atoms with Crippen molar-refractivity contribution in [2.75, 3.05) is 20.2 Å². The minimum Gasteiger partial charge on any atom is -0.394 e. The molecule has 1 saturated carbocycles. The summed E-state index contributed by atoms with van der Waals surface area (Å²) in [5.74, 6) is 0.628. The SMILES string of the molecule is CNCCC(=O)NC1(CO)CCCC(C)C1. The number of nitrogens with one attached hydrogen (secondary N) is 2. The van der Waals surface area contributed by atoms with E-state index >= 15 is 0 Å². The minimum atomic E-state index is -0.359. The van der Waals surface area contributed by atoms with Gasteiger partial charge in [-0.2, -0.15) is 0 Å². The van der Waals surface area contributed by atoms with Gasteiger partial charge in [-0.3, -0.25) is 4.79 Å². The molecule has 1 amide bonds. The van der Waals surface area contributed by atoms with E-state index in [1.54, 1.807) is 0 Å². The van der Waals surface area contributed by atoms with E-state index in [0.717, 1.165) is 19.3 Å². The molecule has 3 N–H and O–H groups in total. The fourth-order valence-corrected chi connectivity index (χ4v) is 2.55. The first-order chi connectivity index (χ1) is 7.62. The van der Waals surface area contributed by atoms with Gasteiger partial charge in [0.15, 0.2) is 0 Å². The number of rotatable bonds is 5. The largest absolute Gasteiger partial charge is 0.394 e. The van der Waals surface area contributed by atoms with Crippen LogP contribution in [-0.2, 0) is 4.79 Å². The van der Waals surface area contributed by atoms with Crippen LogP contribution in [0, 0.1) is 5.92 Å². The summed E-state index contributed by atoms with van der Waals surface area (Å²) in [6, 6.07) is 0. The summed E-state index contributed by atoms with van der Waals surface area (Å²) in [4.78, 5) is 11.7. The lowest BCUT2D eigenvalue weighted by Crippen LogP contribution is -2.54. The van der Waals surface area contributed by atoms with Crippen LogP contribution in [-0.4, -0.2) is 36.8 Å². The molecule has 4 heteroatoms. The monoisotopic (exact) mass is 228 g/mol. The molecule has 0 aromatic carbocycles. The minimum absolute atomic E-state index is 0.0394. The second kappa shape index (κ2) is 6.21. The van der Waals surface area contributed by atoms with Crippen molar-refractivity contribution < 1.29 is 9.90 Å². The van der Waals surface area contributed by atoms with Crippen LogP contribution >= 0.6 is 0 Å². The zero-order valence-electron chi connectivity index (χ0n) is 10.4. The molecule has 1 fully saturated rings. The maximum atomic E-state index is 11.7. The normalized spacial score (nSPS) is 30.1. The summed E-state index contributed by atoms with van der Waals surface area (Å²) in [5.41, 5.74) is -0.359. The molecule has 0 bridgehead atoms. The Morgan fingerprint density at radius 2 is 2.31 bits per heavy atom. The van der Waals surface area contributed by atoms with E-state index in [9.17, 15) is 9.90 Å². The summed E-state index contributed by atoms with van der Waals surface area (Å²) in [6.07, 6.45) is 4.57. The molecule has 1 rings (SSSR count). The Balaban J connectivity index is 2.49. The van der Waals surface area contributed by atoms with Crippen LogP contribution in [0.3, 0.4) is 0 Å². The third-order valence-corrected chi connectivity index (χ3v) is 3.40. The van der Waals surface area contributed by atoms with Gasteiger partial charge in [0.25, 0.3) is 0 Å². The second-order valence-corrected chi connectivity index (χ2v) is 5.04. The Hall–Kier alpha value is -0.610. The van der Waals surface area contributed by atoms with Gasteiger partial charge in [0.05, 0.1) is 12.1 Å². The van der Waals surface area contributed by atoms with Crippen LogP contribution in [0.5, 0.6) is 0 Å². The highest BCUT2D eigenvalue weighted by atomic mass is 16.3. The summed E-state index contributed by atoms with van der Waals surface area (Å²) < 4.78 is 0. The summed E-state index contributed by atoms with van der Waals surface area (Å²) >= 11 is 0. The van der Waals surface area contributed by atoms with E-state index in [0.29, 0.717) is 18.9 Å². The lowest BCUT2D eigenvalue weighted by Gasteiger charge is -2.39. The number of carbonyl (C=O) groups is 1. The number of hydrogen-bond acceptors (Lipinski definition) is 3. The molecule has 0 radical (unpaired) electrons. The first-order valence-corrected chi connectivity index (χ1v) is 6.18. The smallest absolute Gasteiger partial charge is 0.221 e. The van der Waals surface area contributed by atoms with Crippen molar-refractivity contribution in [3.05, 3.63) is 0 Å². The molecule has 2 unspecified atom stereocenters. The molecule has 2 atom stereocenters. The van der Waals surface area contributed by atoms with Gasteiger partial charge in [0.2, 0.25) is 5.91 Å². The zero-order valence-corrected chi connectivity index (χ0v) is 10.4. The number of amides is 1. The number of aliphatic hydroxyl groups excluding tert-OH is 1. The Bertz CT molecular complexity index is 233. The Morgan fingerprint density at radius 3 is 2.88 bits per heavy atom. The number of carbonyl (C=O) groups excluding carboxylic acids is 1. The second-order valence-electron chi connectivity index (χ2n) is 5.04. The van der Waals surface area contributed by atoms with E-state index in [1.807, 2.05) is 7.05 Å². The van der Waals surface area contributed by atoms with Gasteiger partial charge in [-0.25, -0.2) is 0 Å². The molecule has 0 heterocycles. The van der Waals surface area contributed by atoms with Crippen LogP contribution in [0.1, 0.15) is 39.0 Å². The Labute approximate surface area is 97.8 Å². The maximum Gasteiger partial charge on any atom is 0.221 e. The van der Waals surface area contributed by atoms with Gasteiger partial charge < -0.3 is 15.7 Å². The van der Waals surface area contributed by atoms with Crippen LogP contribution in [0.2, 0.25) is 0 Å². The maximum absolute atomic E-state index is 11.7. The molecular weight excluding hydrogens is 204 g/mol. The van der Waals surface area contributed by atoms with Gasteiger partial charge in [0, 0.05) is 13.0 Å². The van der Waals surface area contributed by atoms with Crippen LogP contribution in [0.15, 0.2) is 0 Å². The molecule has 1 aliphatic rings. The lowest BCUT2D eigenvalue weighted by atomic mass is 9.77. The lowest BCUT2D eigenvalue weighted by molar-refractivity contribution is -0.124. The van der Waals surface area contributed by atoms with E-state index in [-0.39, 0.29) is 18.1 Å². The molecule has 4 nitrogen and oxygen atoms in total. The van der Waals surface area contributed by atoms with Gasteiger partial charge in [-0.15, -0.1) is 0 Å². The molecular formula is C12H24N2O2. The van der Waals surface area contributed by atoms with Crippen molar-refractivity contribution in [1.82, 2.24) is 10.6 Å². The van der Waals surface area contributed by atoms with Gasteiger partial charge in [0.1, 0.15) is 0 Å². The quantitative estimate of drug-likeness (QED) is 0.647. The molecule has 0 spiro atoms. The molecule has 0 aromatic heterocycles. The Morgan fingerprint density at radius 1 is 1.56 bits per heavy atom. The average molecular weight is 228 g/mol. The highest BCUT2D eigenvalue weighted by Gasteiger charge is 2.35. The van der Waals surface area contributed by atoms with E-state index in [2.05, 4.69) is 17.6 Å². The average Bonchev–Trinajstić information content (AvgIpc) is 2.26. The van der Waals surface area contributed by atoms with Crippen molar-refractivity contribution in [3.63, 3.8) is 0 Å². The van der Waals surface area contributed by atoms with Gasteiger partial charge in [-0.1, -0.05) is 19.8 Å². The van der Waals surface area contributed by atoms with Crippen molar-refractivity contribution in [1.29, 1.82) is 0 Å². The van der Waals surface area contributed by atoms with E-state index < -0.39 is 0 Å². The van der Waals surface area contributed by atoms with Crippen molar-refractivity contribution in [2.45, 2.75) is 44.6 Å². The Kier molecular flexibility index (Phi) is 5.22. The van der Waals surface area contributed by atoms with Gasteiger partial charge >= 0.3 is 0 Å². The summed E-state index contributed by atoms with van der Waals surface area (Å²) in [6.45, 7) is 2.93. The zero-order chi connectivity index (χ0) is 12.0. The first-order valence-electron chi connectivity index (χ1n) is 6.18. The van der Waals surface area contributed by atoms with Crippen LogP contribution in [0.4, 0.5) is 0 Å². The molecule has 94 valence electrons. The predicted molar refractivity (Wildman–Crippen MR) is 64.1 cm³/mol.